The van der Waals surface area contributed by atoms with E-state index in [-0.39, 0.29) is 5.78 Å². The molecule has 0 fully saturated rings. The largest absolute Gasteiger partial charge is 0.347 e. The third-order valence-corrected chi connectivity index (χ3v) is 4.49. The summed E-state index contributed by atoms with van der Waals surface area (Å²) in [6, 6.07) is 16.5. The van der Waals surface area contributed by atoms with E-state index in [0.29, 0.717) is 0 Å². The second-order valence-corrected chi connectivity index (χ2v) is 5.69. The lowest BCUT2D eigenvalue weighted by Gasteiger charge is -2.15. The predicted molar refractivity (Wildman–Crippen MR) is 90.6 cm³/mol. The van der Waals surface area contributed by atoms with E-state index >= 15 is 0 Å². The van der Waals surface area contributed by atoms with Crippen LogP contribution in [0.15, 0.2) is 60.8 Å². The maximum absolute atomic E-state index is 12.7. The number of benzene rings is 2. The molecule has 1 aliphatic carbocycles. The Morgan fingerprint density at radius 1 is 0.955 bits per heavy atom. The molecule has 0 spiro atoms. The molecule has 1 heterocycles. The standard InChI is InChI=1S/C20H17NO/c1-2-15-16-8-4-5-9-17(16)18(20(15)22)13-21-12-11-14-7-3-6-10-19(14)21/h2-10,13H,11-12H2,1H3/b15-2+,18-13+. The van der Waals surface area contributed by atoms with Crippen LogP contribution in [0, 0.1) is 0 Å². The van der Waals surface area contributed by atoms with Gasteiger partial charge in [0.1, 0.15) is 0 Å². The predicted octanol–water partition coefficient (Wildman–Crippen LogP) is 4.08. The topological polar surface area (TPSA) is 20.3 Å². The molecule has 108 valence electrons. The van der Waals surface area contributed by atoms with Crippen molar-refractivity contribution >= 4 is 22.6 Å². The van der Waals surface area contributed by atoms with Crippen LogP contribution in [0.4, 0.5) is 5.69 Å². The number of Topliss-reactive ketones (excluding diaryl/α,β-unsaturated/α-hetero) is 1. The minimum atomic E-state index is 0.132. The fourth-order valence-corrected chi connectivity index (χ4v) is 3.41. The second kappa shape index (κ2) is 4.99. The number of allylic oxidation sites excluding steroid dienone is 3. The highest BCUT2D eigenvalue weighted by molar-refractivity contribution is 6.47. The van der Waals surface area contributed by atoms with Gasteiger partial charge in [0, 0.05) is 29.6 Å². The summed E-state index contributed by atoms with van der Waals surface area (Å²) in [5, 5.41) is 0. The lowest BCUT2D eigenvalue weighted by atomic mass is 10.1. The molecule has 0 amide bonds. The Hall–Kier alpha value is -2.61. The first-order valence-electron chi connectivity index (χ1n) is 7.67. The van der Waals surface area contributed by atoms with Gasteiger partial charge in [-0.2, -0.15) is 0 Å². The number of hydrogen-bond acceptors (Lipinski definition) is 2. The van der Waals surface area contributed by atoms with E-state index in [1.807, 2.05) is 43.5 Å². The summed E-state index contributed by atoms with van der Waals surface area (Å²) >= 11 is 0. The van der Waals surface area contributed by atoms with Crippen molar-refractivity contribution in [3.63, 3.8) is 0 Å². The Morgan fingerprint density at radius 3 is 2.41 bits per heavy atom. The quantitative estimate of drug-likeness (QED) is 0.737. The number of rotatable bonds is 1. The first-order valence-corrected chi connectivity index (χ1v) is 7.67. The molecule has 0 saturated carbocycles. The van der Waals surface area contributed by atoms with Gasteiger partial charge in [-0.3, -0.25) is 4.79 Å². The van der Waals surface area contributed by atoms with Crippen molar-refractivity contribution in [1.82, 2.24) is 0 Å². The number of hydrogen-bond donors (Lipinski definition) is 0. The van der Waals surface area contributed by atoms with E-state index < -0.39 is 0 Å². The molecule has 2 heteroatoms. The van der Waals surface area contributed by atoms with Crippen LogP contribution in [0.1, 0.15) is 23.6 Å². The van der Waals surface area contributed by atoms with Crippen LogP contribution in [-0.2, 0) is 11.2 Å². The number of ketones is 1. The van der Waals surface area contributed by atoms with Gasteiger partial charge in [0.15, 0.2) is 5.78 Å². The highest BCUT2D eigenvalue weighted by Gasteiger charge is 2.30. The van der Waals surface area contributed by atoms with Gasteiger partial charge in [-0.05, 0) is 36.1 Å². The highest BCUT2D eigenvalue weighted by atomic mass is 16.1. The lowest BCUT2D eigenvalue weighted by Crippen LogP contribution is -2.14. The van der Waals surface area contributed by atoms with Gasteiger partial charge in [0.2, 0.25) is 0 Å². The minimum Gasteiger partial charge on any atom is -0.347 e. The first kappa shape index (κ1) is 13.1. The van der Waals surface area contributed by atoms with Crippen molar-refractivity contribution in [3.05, 3.63) is 77.5 Å². The van der Waals surface area contributed by atoms with Crippen molar-refractivity contribution in [2.75, 3.05) is 11.4 Å². The summed E-state index contributed by atoms with van der Waals surface area (Å²) in [5.41, 5.74) is 6.28. The summed E-state index contributed by atoms with van der Waals surface area (Å²) in [4.78, 5) is 14.9. The second-order valence-electron chi connectivity index (χ2n) is 5.69. The Kier molecular flexibility index (Phi) is 2.97. The minimum absolute atomic E-state index is 0.132. The van der Waals surface area contributed by atoms with E-state index in [0.717, 1.165) is 35.2 Å². The summed E-state index contributed by atoms with van der Waals surface area (Å²) in [5.74, 6) is 0.132. The number of fused-ring (bicyclic) bond motifs is 2. The van der Waals surface area contributed by atoms with E-state index in [9.17, 15) is 4.79 Å². The molecular formula is C20H17NO. The number of para-hydroxylation sites is 1. The van der Waals surface area contributed by atoms with Crippen molar-refractivity contribution in [2.24, 2.45) is 0 Å². The van der Waals surface area contributed by atoms with Crippen LogP contribution in [0.25, 0.3) is 11.1 Å². The Bertz CT molecular complexity index is 829. The molecule has 0 bridgehead atoms. The number of carbonyl (C=O) groups excluding carboxylic acids is 1. The fourth-order valence-electron chi connectivity index (χ4n) is 3.41. The summed E-state index contributed by atoms with van der Waals surface area (Å²) in [6.45, 7) is 2.86. The van der Waals surface area contributed by atoms with Gasteiger partial charge >= 0.3 is 0 Å². The van der Waals surface area contributed by atoms with Crippen LogP contribution in [-0.4, -0.2) is 12.3 Å². The van der Waals surface area contributed by atoms with Crippen molar-refractivity contribution in [1.29, 1.82) is 0 Å². The highest BCUT2D eigenvalue weighted by Crippen LogP contribution is 2.39. The molecule has 0 aromatic heterocycles. The molecule has 2 aliphatic rings. The summed E-state index contributed by atoms with van der Waals surface area (Å²) in [7, 11) is 0. The zero-order valence-electron chi connectivity index (χ0n) is 12.5. The van der Waals surface area contributed by atoms with Gasteiger partial charge in [0.25, 0.3) is 0 Å². The van der Waals surface area contributed by atoms with Gasteiger partial charge in [-0.1, -0.05) is 48.5 Å². The molecule has 2 nitrogen and oxygen atoms in total. The molecule has 22 heavy (non-hydrogen) atoms. The van der Waals surface area contributed by atoms with Crippen LogP contribution >= 0.6 is 0 Å². The van der Waals surface area contributed by atoms with Crippen molar-refractivity contribution in [3.8, 4) is 0 Å². The van der Waals surface area contributed by atoms with Gasteiger partial charge in [-0.25, -0.2) is 0 Å². The van der Waals surface area contributed by atoms with Crippen molar-refractivity contribution < 1.29 is 4.79 Å². The van der Waals surface area contributed by atoms with E-state index in [1.54, 1.807) is 0 Å². The van der Waals surface area contributed by atoms with E-state index in [2.05, 4.69) is 29.2 Å². The third-order valence-electron chi connectivity index (χ3n) is 4.49. The number of nitrogens with zero attached hydrogens (tertiary/aromatic N) is 1. The molecule has 0 N–H and O–H groups in total. The monoisotopic (exact) mass is 287 g/mol. The SMILES string of the molecule is C/C=C1/C(=O)/C(=C/N2CCc3ccccc32)c2ccccc21. The zero-order valence-corrected chi connectivity index (χ0v) is 12.5. The number of anilines is 1. The zero-order chi connectivity index (χ0) is 15.1. The molecule has 2 aromatic carbocycles. The molecule has 0 radical (unpaired) electrons. The molecule has 0 unspecified atom stereocenters. The molecule has 4 rings (SSSR count). The maximum Gasteiger partial charge on any atom is 0.195 e. The fraction of sp³-hybridized carbons (Fsp3) is 0.150. The molecule has 1 aliphatic heterocycles. The van der Waals surface area contributed by atoms with Crippen molar-refractivity contribution in [2.45, 2.75) is 13.3 Å². The Morgan fingerprint density at radius 2 is 1.64 bits per heavy atom. The van der Waals surface area contributed by atoms with Gasteiger partial charge < -0.3 is 4.90 Å². The third kappa shape index (κ3) is 1.84. The lowest BCUT2D eigenvalue weighted by molar-refractivity contribution is -0.108. The Balaban J connectivity index is 1.82. The van der Waals surface area contributed by atoms with Crippen LogP contribution in [0.3, 0.4) is 0 Å². The molecule has 0 atom stereocenters. The molecule has 2 aromatic rings. The van der Waals surface area contributed by atoms with E-state index in [1.165, 1.54) is 11.3 Å². The molecule has 0 saturated heterocycles. The number of carbonyl (C=O) groups is 1. The maximum atomic E-state index is 12.7. The first-order chi connectivity index (χ1) is 10.8. The van der Waals surface area contributed by atoms with Crippen LogP contribution < -0.4 is 4.90 Å². The smallest absolute Gasteiger partial charge is 0.195 e. The van der Waals surface area contributed by atoms with Gasteiger partial charge in [-0.15, -0.1) is 0 Å². The van der Waals surface area contributed by atoms with E-state index in [4.69, 9.17) is 0 Å². The Labute approximate surface area is 130 Å². The van der Waals surface area contributed by atoms with Crippen LogP contribution in [0.2, 0.25) is 0 Å². The average molecular weight is 287 g/mol. The van der Waals surface area contributed by atoms with Crippen LogP contribution in [0.5, 0.6) is 0 Å². The summed E-state index contributed by atoms with van der Waals surface area (Å²) < 4.78 is 0. The molecular weight excluding hydrogens is 270 g/mol. The normalized spacial score (nSPS) is 19.9. The van der Waals surface area contributed by atoms with Gasteiger partial charge in [0.05, 0.1) is 0 Å². The summed E-state index contributed by atoms with van der Waals surface area (Å²) in [6.07, 6.45) is 4.98. The average Bonchev–Trinajstić information content (AvgIpc) is 3.08.